The standard InChI is InChI=1S/C14H15ClN2OS/c15-13-7-11(14(16)18)1-2-12(13)8-17-5-3-10-4-6-19-9-10/h1-2,4,6-7,9,17H,3,5,8H2,(H2,16,18). The summed E-state index contributed by atoms with van der Waals surface area (Å²) >= 11 is 7.81. The normalized spacial score (nSPS) is 10.6. The molecule has 100 valence electrons. The van der Waals surface area contributed by atoms with Crippen LogP contribution in [-0.2, 0) is 13.0 Å². The second kappa shape index (κ2) is 6.70. The number of halogens is 1. The Bertz CT molecular complexity index is 555. The molecule has 0 saturated heterocycles. The third kappa shape index (κ3) is 4.06. The molecule has 3 N–H and O–H groups in total. The largest absolute Gasteiger partial charge is 0.366 e. The van der Waals surface area contributed by atoms with Crippen molar-refractivity contribution in [3.05, 3.63) is 56.7 Å². The monoisotopic (exact) mass is 294 g/mol. The average molecular weight is 295 g/mol. The lowest BCUT2D eigenvalue weighted by atomic mass is 10.1. The van der Waals surface area contributed by atoms with Crippen LogP contribution in [0.2, 0.25) is 5.02 Å². The molecule has 0 radical (unpaired) electrons. The minimum Gasteiger partial charge on any atom is -0.366 e. The molecule has 0 fully saturated rings. The molecule has 0 atom stereocenters. The molecular weight excluding hydrogens is 280 g/mol. The first-order valence-corrected chi connectivity index (χ1v) is 7.29. The first-order chi connectivity index (χ1) is 9.16. The Morgan fingerprint density at radius 1 is 1.37 bits per heavy atom. The number of benzene rings is 1. The van der Waals surface area contributed by atoms with E-state index >= 15 is 0 Å². The highest BCUT2D eigenvalue weighted by atomic mass is 35.5. The van der Waals surface area contributed by atoms with Crippen molar-refractivity contribution >= 4 is 28.8 Å². The molecule has 0 unspecified atom stereocenters. The van der Waals surface area contributed by atoms with Gasteiger partial charge in [0, 0.05) is 17.1 Å². The molecule has 0 saturated carbocycles. The number of primary amides is 1. The predicted molar refractivity (Wildman–Crippen MR) is 79.7 cm³/mol. The zero-order valence-corrected chi connectivity index (χ0v) is 11.9. The third-order valence-electron chi connectivity index (χ3n) is 2.82. The van der Waals surface area contributed by atoms with Crippen molar-refractivity contribution in [2.75, 3.05) is 6.54 Å². The van der Waals surface area contributed by atoms with Crippen LogP contribution >= 0.6 is 22.9 Å². The zero-order chi connectivity index (χ0) is 13.7. The maximum Gasteiger partial charge on any atom is 0.248 e. The van der Waals surface area contributed by atoms with Gasteiger partial charge >= 0.3 is 0 Å². The molecule has 0 aliphatic heterocycles. The summed E-state index contributed by atoms with van der Waals surface area (Å²) in [6.45, 7) is 1.58. The van der Waals surface area contributed by atoms with Gasteiger partial charge in [0.1, 0.15) is 0 Å². The first kappa shape index (κ1) is 14.1. The summed E-state index contributed by atoms with van der Waals surface area (Å²) in [4.78, 5) is 11.0. The summed E-state index contributed by atoms with van der Waals surface area (Å²) < 4.78 is 0. The van der Waals surface area contributed by atoms with Crippen molar-refractivity contribution in [3.63, 3.8) is 0 Å². The number of amides is 1. The van der Waals surface area contributed by atoms with Gasteiger partial charge in [0.05, 0.1) is 0 Å². The number of carbonyl (C=O) groups excluding carboxylic acids is 1. The predicted octanol–water partition coefficient (Wildman–Crippen LogP) is 2.83. The van der Waals surface area contributed by atoms with Gasteiger partial charge in [0.15, 0.2) is 0 Å². The van der Waals surface area contributed by atoms with Gasteiger partial charge in [-0.05, 0) is 53.1 Å². The minimum atomic E-state index is -0.459. The van der Waals surface area contributed by atoms with Gasteiger partial charge in [0.2, 0.25) is 5.91 Å². The van der Waals surface area contributed by atoms with E-state index in [0.717, 1.165) is 18.5 Å². The van der Waals surface area contributed by atoms with Crippen LogP contribution in [0, 0.1) is 0 Å². The van der Waals surface area contributed by atoms with Crippen molar-refractivity contribution in [2.45, 2.75) is 13.0 Å². The van der Waals surface area contributed by atoms with E-state index in [9.17, 15) is 4.79 Å². The number of carbonyl (C=O) groups is 1. The van der Waals surface area contributed by atoms with Crippen molar-refractivity contribution in [1.82, 2.24) is 5.32 Å². The lowest BCUT2D eigenvalue weighted by Crippen LogP contribution is -2.17. The van der Waals surface area contributed by atoms with Gasteiger partial charge in [-0.1, -0.05) is 17.7 Å². The number of nitrogens with two attached hydrogens (primary N) is 1. The highest BCUT2D eigenvalue weighted by Gasteiger charge is 2.05. The molecule has 3 nitrogen and oxygen atoms in total. The molecule has 0 aliphatic carbocycles. The summed E-state index contributed by atoms with van der Waals surface area (Å²) in [6.07, 6.45) is 1.00. The van der Waals surface area contributed by atoms with E-state index in [1.807, 2.05) is 6.07 Å². The van der Waals surface area contributed by atoms with Gasteiger partial charge < -0.3 is 11.1 Å². The van der Waals surface area contributed by atoms with Crippen LogP contribution in [0.3, 0.4) is 0 Å². The Labute approximate surface area is 121 Å². The maximum atomic E-state index is 11.0. The molecule has 0 bridgehead atoms. The van der Waals surface area contributed by atoms with Crippen LogP contribution in [0.5, 0.6) is 0 Å². The summed E-state index contributed by atoms with van der Waals surface area (Å²) in [5.74, 6) is -0.459. The molecular formula is C14H15ClN2OS. The van der Waals surface area contributed by atoms with Crippen LogP contribution in [0.1, 0.15) is 21.5 Å². The minimum absolute atomic E-state index is 0.437. The summed E-state index contributed by atoms with van der Waals surface area (Å²) in [6, 6.07) is 7.27. The Morgan fingerprint density at radius 3 is 2.84 bits per heavy atom. The van der Waals surface area contributed by atoms with Crippen molar-refractivity contribution < 1.29 is 4.79 Å². The van der Waals surface area contributed by atoms with E-state index < -0.39 is 5.91 Å². The molecule has 2 rings (SSSR count). The van der Waals surface area contributed by atoms with Gasteiger partial charge in [-0.15, -0.1) is 0 Å². The second-order valence-corrected chi connectivity index (χ2v) is 5.42. The molecule has 1 amide bonds. The van der Waals surface area contributed by atoms with E-state index in [4.69, 9.17) is 17.3 Å². The molecule has 2 aromatic rings. The second-order valence-electron chi connectivity index (χ2n) is 4.23. The van der Waals surface area contributed by atoms with Gasteiger partial charge in [-0.3, -0.25) is 4.79 Å². The maximum absolute atomic E-state index is 11.0. The van der Waals surface area contributed by atoms with Crippen LogP contribution in [0.15, 0.2) is 35.0 Å². The fraction of sp³-hybridized carbons (Fsp3) is 0.214. The van der Waals surface area contributed by atoms with E-state index in [2.05, 4.69) is 22.1 Å². The number of thiophene rings is 1. The third-order valence-corrected chi connectivity index (χ3v) is 3.91. The van der Waals surface area contributed by atoms with Gasteiger partial charge in [-0.25, -0.2) is 0 Å². The molecule has 1 aromatic carbocycles. The molecule has 0 aliphatic rings. The van der Waals surface area contributed by atoms with E-state index in [1.165, 1.54) is 5.56 Å². The Kier molecular flexibility index (Phi) is 4.96. The molecule has 5 heteroatoms. The highest BCUT2D eigenvalue weighted by Crippen LogP contribution is 2.17. The van der Waals surface area contributed by atoms with Gasteiger partial charge in [-0.2, -0.15) is 11.3 Å². The zero-order valence-electron chi connectivity index (χ0n) is 10.4. The summed E-state index contributed by atoms with van der Waals surface area (Å²) in [5, 5.41) is 8.13. The number of rotatable bonds is 6. The topological polar surface area (TPSA) is 55.1 Å². The van der Waals surface area contributed by atoms with Crippen molar-refractivity contribution in [1.29, 1.82) is 0 Å². The Hall–Kier alpha value is -1.36. The van der Waals surface area contributed by atoms with Gasteiger partial charge in [0.25, 0.3) is 0 Å². The van der Waals surface area contributed by atoms with E-state index in [0.29, 0.717) is 17.1 Å². The van der Waals surface area contributed by atoms with Crippen LogP contribution < -0.4 is 11.1 Å². The molecule has 1 aromatic heterocycles. The molecule has 0 spiro atoms. The first-order valence-electron chi connectivity index (χ1n) is 5.97. The van der Waals surface area contributed by atoms with Crippen LogP contribution in [0.4, 0.5) is 0 Å². The summed E-state index contributed by atoms with van der Waals surface area (Å²) in [7, 11) is 0. The van der Waals surface area contributed by atoms with Crippen molar-refractivity contribution in [3.8, 4) is 0 Å². The molecule has 19 heavy (non-hydrogen) atoms. The lowest BCUT2D eigenvalue weighted by molar-refractivity contribution is 0.100. The Balaban J connectivity index is 1.84. The summed E-state index contributed by atoms with van der Waals surface area (Å²) in [5.41, 5.74) is 7.94. The van der Waals surface area contributed by atoms with E-state index in [1.54, 1.807) is 23.5 Å². The number of hydrogen-bond acceptors (Lipinski definition) is 3. The smallest absolute Gasteiger partial charge is 0.248 e. The van der Waals surface area contributed by atoms with E-state index in [-0.39, 0.29) is 0 Å². The Morgan fingerprint density at radius 2 is 2.21 bits per heavy atom. The SMILES string of the molecule is NC(=O)c1ccc(CNCCc2ccsc2)c(Cl)c1. The van der Waals surface area contributed by atoms with Crippen molar-refractivity contribution in [2.24, 2.45) is 5.73 Å². The average Bonchev–Trinajstić information content (AvgIpc) is 2.89. The van der Waals surface area contributed by atoms with Crippen LogP contribution in [-0.4, -0.2) is 12.5 Å². The number of nitrogens with one attached hydrogen (secondary N) is 1. The lowest BCUT2D eigenvalue weighted by Gasteiger charge is -2.07. The number of hydrogen-bond donors (Lipinski definition) is 2. The fourth-order valence-corrected chi connectivity index (χ4v) is 2.69. The highest BCUT2D eigenvalue weighted by molar-refractivity contribution is 7.07. The molecule has 1 heterocycles. The fourth-order valence-electron chi connectivity index (χ4n) is 1.73. The quantitative estimate of drug-likeness (QED) is 0.805. The van der Waals surface area contributed by atoms with Crippen LogP contribution in [0.25, 0.3) is 0 Å².